The van der Waals surface area contributed by atoms with Gasteiger partial charge in [0.15, 0.2) is 0 Å². The van der Waals surface area contributed by atoms with E-state index in [-0.39, 0.29) is 30.3 Å². The van der Waals surface area contributed by atoms with Crippen molar-refractivity contribution in [1.82, 2.24) is 10.6 Å². The first-order chi connectivity index (χ1) is 10.2. The molecule has 0 aliphatic carbocycles. The van der Waals surface area contributed by atoms with Gasteiger partial charge in [-0.1, -0.05) is 0 Å². The molecule has 1 saturated heterocycles. The van der Waals surface area contributed by atoms with Crippen molar-refractivity contribution in [2.45, 2.75) is 6.10 Å². The lowest BCUT2D eigenvalue weighted by Crippen LogP contribution is -2.34. The van der Waals surface area contributed by atoms with Crippen LogP contribution in [0.3, 0.4) is 0 Å². The smallest absolute Gasteiger partial charge is 0.251 e. The van der Waals surface area contributed by atoms with E-state index in [1.54, 1.807) is 31.4 Å². The normalized spacial score (nSPS) is 20.3. The van der Waals surface area contributed by atoms with Gasteiger partial charge in [-0.3, -0.25) is 4.79 Å². The summed E-state index contributed by atoms with van der Waals surface area (Å²) in [4.78, 5) is 12.0. The number of aliphatic hydroxyl groups excluding tert-OH is 1. The van der Waals surface area contributed by atoms with Crippen LogP contribution < -0.4 is 15.4 Å². The second kappa shape index (κ2) is 9.63. The molecule has 1 fully saturated rings. The Kier molecular flexibility index (Phi) is 8.19. The van der Waals surface area contributed by atoms with Crippen LogP contribution >= 0.6 is 12.4 Å². The fourth-order valence-corrected chi connectivity index (χ4v) is 2.20. The molecule has 124 valence electrons. The summed E-state index contributed by atoms with van der Waals surface area (Å²) in [5, 5.41) is 15.6. The molecule has 6 nitrogen and oxygen atoms in total. The Hall–Kier alpha value is -1.34. The van der Waals surface area contributed by atoms with Crippen molar-refractivity contribution in [2.75, 3.05) is 40.0 Å². The molecule has 7 heteroatoms. The summed E-state index contributed by atoms with van der Waals surface area (Å²) in [6.45, 7) is 2.80. The number of ether oxygens (including phenoxy) is 2. The molecule has 0 aromatic heterocycles. The molecular formula is C15H23ClN2O4. The fraction of sp³-hybridized carbons (Fsp3) is 0.533. The molecule has 0 spiro atoms. The second-order valence-electron chi connectivity index (χ2n) is 5.06. The van der Waals surface area contributed by atoms with E-state index in [2.05, 4.69) is 10.6 Å². The number of aliphatic hydroxyl groups is 1. The van der Waals surface area contributed by atoms with E-state index < -0.39 is 0 Å². The van der Waals surface area contributed by atoms with E-state index in [0.717, 1.165) is 6.54 Å². The maximum Gasteiger partial charge on any atom is 0.251 e. The fourth-order valence-electron chi connectivity index (χ4n) is 2.20. The van der Waals surface area contributed by atoms with E-state index in [0.29, 0.717) is 37.6 Å². The summed E-state index contributed by atoms with van der Waals surface area (Å²) >= 11 is 0. The Labute approximate surface area is 136 Å². The summed E-state index contributed by atoms with van der Waals surface area (Å²) in [5.41, 5.74) is 0.578. The van der Waals surface area contributed by atoms with Gasteiger partial charge < -0.3 is 25.2 Å². The first-order valence-electron chi connectivity index (χ1n) is 7.09. The zero-order chi connectivity index (χ0) is 15.1. The Morgan fingerprint density at radius 2 is 2.05 bits per heavy atom. The van der Waals surface area contributed by atoms with Crippen molar-refractivity contribution in [2.24, 2.45) is 5.92 Å². The van der Waals surface area contributed by atoms with E-state index in [9.17, 15) is 9.90 Å². The van der Waals surface area contributed by atoms with Crippen LogP contribution in [-0.4, -0.2) is 57.1 Å². The lowest BCUT2D eigenvalue weighted by molar-refractivity contribution is 0.0927. The predicted octanol–water partition coefficient (Wildman–Crippen LogP) is 0.444. The molecule has 2 atom stereocenters. The largest absolute Gasteiger partial charge is 0.491 e. The van der Waals surface area contributed by atoms with Gasteiger partial charge >= 0.3 is 0 Å². The highest BCUT2D eigenvalue weighted by Crippen LogP contribution is 2.12. The molecule has 1 aliphatic heterocycles. The van der Waals surface area contributed by atoms with Crippen LogP contribution in [0.25, 0.3) is 0 Å². The number of carbonyl (C=O) groups excluding carboxylic acids is 1. The lowest BCUT2D eigenvalue weighted by Gasteiger charge is -2.14. The van der Waals surface area contributed by atoms with Gasteiger partial charge in [0.2, 0.25) is 0 Å². The topological polar surface area (TPSA) is 79.8 Å². The molecule has 3 N–H and O–H groups in total. The minimum absolute atomic E-state index is 0. The van der Waals surface area contributed by atoms with Crippen LogP contribution in [0, 0.1) is 5.92 Å². The Bertz CT molecular complexity index is 455. The van der Waals surface area contributed by atoms with Crippen LogP contribution in [-0.2, 0) is 4.74 Å². The zero-order valence-electron chi connectivity index (χ0n) is 12.6. The molecule has 2 unspecified atom stereocenters. The molecule has 0 bridgehead atoms. The van der Waals surface area contributed by atoms with Gasteiger partial charge in [-0.05, 0) is 24.3 Å². The van der Waals surface area contributed by atoms with Gasteiger partial charge in [0.1, 0.15) is 12.4 Å². The molecule has 1 aliphatic rings. The highest BCUT2D eigenvalue weighted by molar-refractivity contribution is 5.94. The van der Waals surface area contributed by atoms with Crippen LogP contribution in [0.2, 0.25) is 0 Å². The number of nitrogens with one attached hydrogen (secondary N) is 2. The van der Waals surface area contributed by atoms with E-state index >= 15 is 0 Å². The van der Waals surface area contributed by atoms with Crippen molar-refractivity contribution in [3.05, 3.63) is 29.8 Å². The van der Waals surface area contributed by atoms with Gasteiger partial charge in [-0.15, -0.1) is 12.4 Å². The number of β-amino-alcohol motifs (C(OH)–C–C–N with tert-alkyl or cyclic N) is 1. The number of benzene rings is 1. The van der Waals surface area contributed by atoms with Crippen molar-refractivity contribution in [1.29, 1.82) is 0 Å². The van der Waals surface area contributed by atoms with E-state index in [4.69, 9.17) is 9.47 Å². The number of halogens is 1. The average molecular weight is 331 g/mol. The number of methoxy groups -OCH3 is 1. The highest BCUT2D eigenvalue weighted by atomic mass is 35.5. The lowest BCUT2D eigenvalue weighted by atomic mass is 10.1. The maximum atomic E-state index is 12.0. The quantitative estimate of drug-likeness (QED) is 0.632. The summed E-state index contributed by atoms with van der Waals surface area (Å²) < 4.78 is 10.3. The number of rotatable bonds is 7. The first-order valence-corrected chi connectivity index (χ1v) is 7.09. The number of hydrogen-bond donors (Lipinski definition) is 3. The molecule has 1 aromatic rings. The van der Waals surface area contributed by atoms with Crippen LogP contribution in [0.5, 0.6) is 5.75 Å². The maximum absolute atomic E-state index is 12.0. The van der Waals surface area contributed by atoms with E-state index in [1.807, 2.05) is 0 Å². The summed E-state index contributed by atoms with van der Waals surface area (Å²) in [7, 11) is 1.62. The number of amides is 1. The zero-order valence-corrected chi connectivity index (χ0v) is 13.4. The second-order valence-corrected chi connectivity index (χ2v) is 5.06. The SMILES string of the molecule is COCCOc1ccc(C(=O)NCC2CNCC2O)cc1.Cl. The molecule has 1 amide bonds. The molecule has 1 heterocycles. The minimum atomic E-state index is -0.387. The van der Waals surface area contributed by atoms with Crippen molar-refractivity contribution < 1.29 is 19.4 Å². The molecule has 22 heavy (non-hydrogen) atoms. The molecule has 2 rings (SSSR count). The summed E-state index contributed by atoms with van der Waals surface area (Å²) in [6.07, 6.45) is -0.387. The minimum Gasteiger partial charge on any atom is -0.491 e. The van der Waals surface area contributed by atoms with Crippen LogP contribution in [0.1, 0.15) is 10.4 Å². The Morgan fingerprint density at radius 3 is 2.64 bits per heavy atom. The number of carbonyl (C=O) groups is 1. The Morgan fingerprint density at radius 1 is 1.32 bits per heavy atom. The highest BCUT2D eigenvalue weighted by Gasteiger charge is 2.25. The third-order valence-corrected chi connectivity index (χ3v) is 3.50. The van der Waals surface area contributed by atoms with Gasteiger partial charge in [-0.2, -0.15) is 0 Å². The van der Waals surface area contributed by atoms with Crippen LogP contribution in [0.4, 0.5) is 0 Å². The molecule has 0 saturated carbocycles. The summed E-state index contributed by atoms with van der Waals surface area (Å²) in [5.74, 6) is 0.641. The van der Waals surface area contributed by atoms with E-state index in [1.165, 1.54) is 0 Å². The van der Waals surface area contributed by atoms with Crippen LogP contribution in [0.15, 0.2) is 24.3 Å². The predicted molar refractivity (Wildman–Crippen MR) is 85.8 cm³/mol. The van der Waals surface area contributed by atoms with Gasteiger partial charge in [0.05, 0.1) is 12.7 Å². The third kappa shape index (κ3) is 5.46. The van der Waals surface area contributed by atoms with Crippen molar-refractivity contribution >= 4 is 18.3 Å². The Balaban J connectivity index is 0.00000242. The monoisotopic (exact) mass is 330 g/mol. The molecule has 1 aromatic carbocycles. The third-order valence-electron chi connectivity index (χ3n) is 3.50. The van der Waals surface area contributed by atoms with Gasteiger partial charge in [0.25, 0.3) is 5.91 Å². The van der Waals surface area contributed by atoms with Crippen molar-refractivity contribution in [3.63, 3.8) is 0 Å². The molecular weight excluding hydrogens is 308 g/mol. The molecule has 0 radical (unpaired) electrons. The van der Waals surface area contributed by atoms with Gasteiger partial charge in [-0.25, -0.2) is 0 Å². The average Bonchev–Trinajstić information content (AvgIpc) is 2.91. The standard InChI is InChI=1S/C15H22N2O4.ClH/c1-20-6-7-21-13-4-2-11(3-5-13)15(19)17-9-12-8-16-10-14(12)18;/h2-5,12,14,16,18H,6-10H2,1H3,(H,17,19);1H. The first kappa shape index (κ1) is 18.7. The summed E-state index contributed by atoms with van der Waals surface area (Å²) in [6, 6.07) is 6.97. The van der Waals surface area contributed by atoms with Gasteiger partial charge in [0, 0.05) is 38.2 Å². The number of hydrogen-bond acceptors (Lipinski definition) is 5. The van der Waals surface area contributed by atoms with Crippen molar-refractivity contribution in [3.8, 4) is 5.75 Å².